The molecule has 0 unspecified atom stereocenters. The summed E-state index contributed by atoms with van der Waals surface area (Å²) < 4.78 is 26.3. The molecule has 3 fully saturated rings. The van der Waals surface area contributed by atoms with E-state index in [-0.39, 0.29) is 23.6 Å². The van der Waals surface area contributed by atoms with Crippen LogP contribution in [0.3, 0.4) is 0 Å². The number of sulfone groups is 1. The van der Waals surface area contributed by atoms with Gasteiger partial charge in [-0.15, -0.1) is 0 Å². The number of nitrogens with zero attached hydrogens (tertiary/aromatic N) is 3. The van der Waals surface area contributed by atoms with E-state index in [4.69, 9.17) is 4.98 Å². The van der Waals surface area contributed by atoms with Gasteiger partial charge in [0, 0.05) is 35.2 Å². The maximum absolute atomic E-state index is 12.2. The van der Waals surface area contributed by atoms with Crippen LogP contribution < -0.4 is 16.0 Å². The molecule has 0 spiro atoms. The molecule has 2 aliphatic carbocycles. The van der Waals surface area contributed by atoms with Gasteiger partial charge < -0.3 is 16.0 Å². The Kier molecular flexibility index (Phi) is 6.57. The molecule has 3 heterocycles. The molecule has 3 aliphatic rings. The van der Waals surface area contributed by atoms with Gasteiger partial charge in [0.2, 0.25) is 5.91 Å². The molecule has 2 aromatic heterocycles. The quantitative estimate of drug-likeness (QED) is 0.484. The average molecular weight is 499 g/mol. The summed E-state index contributed by atoms with van der Waals surface area (Å²) in [5.41, 5.74) is 3.03. The minimum atomic E-state index is -2.95. The standard InChI is InChI=1S/C25H34N6O3S/c1-3-10-35(33,34)15-17-4-6-20(7-5-17)28-22-13-23(29-21-8-9-21)31-25(30-22)19(14-26-31)11-18-12-24(32)27-16(18)2/h11,13-14,17,20-21,29H,2-10,12,15H2,1H3,(H,27,32)(H,28,30)/b18-11+. The third-order valence-corrected chi connectivity index (χ3v) is 9.00. The smallest absolute Gasteiger partial charge is 0.228 e. The van der Waals surface area contributed by atoms with E-state index in [1.165, 1.54) is 0 Å². The highest BCUT2D eigenvalue weighted by Gasteiger charge is 2.27. The molecule has 0 aromatic carbocycles. The third-order valence-electron chi connectivity index (χ3n) is 6.99. The summed E-state index contributed by atoms with van der Waals surface area (Å²) in [4.78, 5) is 16.6. The van der Waals surface area contributed by atoms with Crippen molar-refractivity contribution in [3.63, 3.8) is 0 Å². The lowest BCUT2D eigenvalue weighted by Gasteiger charge is -2.29. The molecule has 1 aliphatic heterocycles. The van der Waals surface area contributed by atoms with Gasteiger partial charge in [-0.3, -0.25) is 4.79 Å². The van der Waals surface area contributed by atoms with Crippen molar-refractivity contribution in [2.75, 3.05) is 22.1 Å². The van der Waals surface area contributed by atoms with Gasteiger partial charge in [0.1, 0.15) is 11.6 Å². The van der Waals surface area contributed by atoms with Crippen LogP contribution in [0, 0.1) is 5.92 Å². The molecule has 188 valence electrons. The largest absolute Gasteiger partial charge is 0.367 e. The molecule has 3 N–H and O–H groups in total. The van der Waals surface area contributed by atoms with E-state index in [1.807, 2.05) is 23.6 Å². The fourth-order valence-corrected chi connectivity index (χ4v) is 6.87. The number of rotatable bonds is 9. The summed E-state index contributed by atoms with van der Waals surface area (Å²) in [5, 5.41) is 14.5. The van der Waals surface area contributed by atoms with Crippen molar-refractivity contribution in [3.8, 4) is 0 Å². The van der Waals surface area contributed by atoms with Gasteiger partial charge in [0.15, 0.2) is 15.5 Å². The number of hydrogen-bond acceptors (Lipinski definition) is 7. The Morgan fingerprint density at radius 1 is 1.17 bits per heavy atom. The lowest BCUT2D eigenvalue weighted by atomic mass is 9.87. The summed E-state index contributed by atoms with van der Waals surface area (Å²) >= 11 is 0. The molecular formula is C25H34N6O3S. The van der Waals surface area contributed by atoms with Gasteiger partial charge in [-0.25, -0.2) is 13.4 Å². The zero-order chi connectivity index (χ0) is 24.6. The van der Waals surface area contributed by atoms with Gasteiger partial charge in [-0.05, 0) is 62.5 Å². The third kappa shape index (κ3) is 5.69. The molecule has 0 atom stereocenters. The second-order valence-electron chi connectivity index (χ2n) is 10.1. The molecule has 2 saturated carbocycles. The summed E-state index contributed by atoms with van der Waals surface area (Å²) in [6.07, 6.45) is 10.6. The van der Waals surface area contributed by atoms with Crippen LogP contribution in [-0.4, -0.2) is 52.5 Å². The first-order valence-corrected chi connectivity index (χ1v) is 14.4. The fourth-order valence-electron chi connectivity index (χ4n) is 5.03. The van der Waals surface area contributed by atoms with Crippen molar-refractivity contribution in [2.24, 2.45) is 5.92 Å². The molecule has 2 aromatic rings. The maximum atomic E-state index is 12.2. The second-order valence-corrected chi connectivity index (χ2v) is 12.4. The molecule has 9 nitrogen and oxygen atoms in total. The zero-order valence-electron chi connectivity index (χ0n) is 20.2. The SMILES string of the molecule is C=C1NC(=O)C/C1=C\c1cnn2c(NC3CC3)cc(NC3CCC(CS(=O)(=O)CCC)CC3)nc12. The Morgan fingerprint density at radius 3 is 2.54 bits per heavy atom. The minimum Gasteiger partial charge on any atom is -0.367 e. The number of anilines is 2. The van der Waals surface area contributed by atoms with E-state index in [2.05, 4.69) is 27.6 Å². The van der Waals surface area contributed by atoms with Crippen molar-refractivity contribution in [1.29, 1.82) is 0 Å². The molecule has 0 bridgehead atoms. The van der Waals surface area contributed by atoms with Crippen LogP contribution in [0.25, 0.3) is 11.7 Å². The van der Waals surface area contributed by atoms with Gasteiger partial charge in [-0.1, -0.05) is 13.5 Å². The van der Waals surface area contributed by atoms with Crippen LogP contribution >= 0.6 is 0 Å². The number of nitrogens with one attached hydrogen (secondary N) is 3. The highest BCUT2D eigenvalue weighted by atomic mass is 32.2. The minimum absolute atomic E-state index is 0.0535. The number of hydrogen-bond donors (Lipinski definition) is 3. The summed E-state index contributed by atoms with van der Waals surface area (Å²) in [5.74, 6) is 2.46. The Morgan fingerprint density at radius 2 is 1.89 bits per heavy atom. The molecule has 5 rings (SSSR count). The monoisotopic (exact) mass is 498 g/mol. The maximum Gasteiger partial charge on any atom is 0.228 e. The summed E-state index contributed by atoms with van der Waals surface area (Å²) in [6, 6.07) is 2.72. The lowest BCUT2D eigenvalue weighted by molar-refractivity contribution is -0.118. The number of carbonyl (C=O) groups excluding carboxylic acids is 1. The van der Waals surface area contributed by atoms with Crippen molar-refractivity contribution in [3.05, 3.63) is 35.7 Å². The van der Waals surface area contributed by atoms with Crippen LogP contribution in [0.15, 0.2) is 30.1 Å². The normalized spacial score (nSPS) is 24.2. The molecular weight excluding hydrogens is 464 g/mol. The molecule has 10 heteroatoms. The van der Waals surface area contributed by atoms with E-state index >= 15 is 0 Å². The Balaban J connectivity index is 1.34. The van der Waals surface area contributed by atoms with Crippen molar-refractivity contribution in [2.45, 2.75) is 70.4 Å². The topological polar surface area (TPSA) is 117 Å². The van der Waals surface area contributed by atoms with Crippen molar-refractivity contribution in [1.82, 2.24) is 19.9 Å². The van der Waals surface area contributed by atoms with Gasteiger partial charge in [0.25, 0.3) is 0 Å². The Labute approximate surface area is 206 Å². The van der Waals surface area contributed by atoms with Gasteiger partial charge >= 0.3 is 0 Å². The summed E-state index contributed by atoms with van der Waals surface area (Å²) in [7, 11) is -2.95. The predicted molar refractivity (Wildman–Crippen MR) is 138 cm³/mol. The predicted octanol–water partition coefficient (Wildman–Crippen LogP) is 3.52. The van der Waals surface area contributed by atoms with Gasteiger partial charge in [0.05, 0.1) is 18.4 Å². The van der Waals surface area contributed by atoms with Crippen LogP contribution in [0.2, 0.25) is 0 Å². The Bertz CT molecular complexity index is 1270. The van der Waals surface area contributed by atoms with E-state index in [0.29, 0.717) is 30.3 Å². The van der Waals surface area contributed by atoms with E-state index < -0.39 is 9.84 Å². The lowest BCUT2D eigenvalue weighted by Crippen LogP contribution is -2.30. The van der Waals surface area contributed by atoms with E-state index in [9.17, 15) is 13.2 Å². The highest BCUT2D eigenvalue weighted by molar-refractivity contribution is 7.91. The van der Waals surface area contributed by atoms with Crippen LogP contribution in [-0.2, 0) is 14.6 Å². The highest BCUT2D eigenvalue weighted by Crippen LogP contribution is 2.31. The zero-order valence-corrected chi connectivity index (χ0v) is 21.0. The first-order valence-electron chi connectivity index (χ1n) is 12.6. The number of aromatic nitrogens is 3. The molecule has 0 radical (unpaired) electrons. The molecule has 1 saturated heterocycles. The average Bonchev–Trinajstić information content (AvgIpc) is 3.43. The molecule has 1 amide bonds. The van der Waals surface area contributed by atoms with Crippen molar-refractivity contribution < 1.29 is 13.2 Å². The van der Waals surface area contributed by atoms with E-state index in [1.54, 1.807) is 6.20 Å². The van der Waals surface area contributed by atoms with Gasteiger partial charge in [-0.2, -0.15) is 9.61 Å². The van der Waals surface area contributed by atoms with Crippen LogP contribution in [0.5, 0.6) is 0 Å². The van der Waals surface area contributed by atoms with E-state index in [0.717, 1.165) is 66.9 Å². The number of carbonyl (C=O) groups is 1. The number of allylic oxidation sites excluding steroid dienone is 1. The Hall–Kier alpha value is -2.88. The first-order chi connectivity index (χ1) is 16.8. The second kappa shape index (κ2) is 9.64. The van der Waals surface area contributed by atoms with Crippen LogP contribution in [0.4, 0.5) is 11.6 Å². The van der Waals surface area contributed by atoms with Crippen LogP contribution in [0.1, 0.15) is 63.9 Å². The van der Waals surface area contributed by atoms with Crippen molar-refractivity contribution >= 4 is 39.1 Å². The molecule has 35 heavy (non-hydrogen) atoms. The fraction of sp³-hybridized carbons (Fsp3) is 0.560. The summed E-state index contributed by atoms with van der Waals surface area (Å²) in [6.45, 7) is 5.85. The number of fused-ring (bicyclic) bond motifs is 1. The number of amides is 1. The first kappa shape index (κ1) is 23.8.